The molecule has 1 unspecified atom stereocenters. The highest BCUT2D eigenvalue weighted by Crippen LogP contribution is 2.17. The van der Waals surface area contributed by atoms with Gasteiger partial charge in [-0.3, -0.25) is 10.1 Å². The van der Waals surface area contributed by atoms with Crippen molar-refractivity contribution in [3.8, 4) is 0 Å². The summed E-state index contributed by atoms with van der Waals surface area (Å²) in [6.07, 6.45) is -1.09. The lowest BCUT2D eigenvalue weighted by atomic mass is 10.1. The van der Waals surface area contributed by atoms with Gasteiger partial charge in [0.25, 0.3) is 5.91 Å². The van der Waals surface area contributed by atoms with E-state index in [9.17, 15) is 14.4 Å². The summed E-state index contributed by atoms with van der Waals surface area (Å²) in [4.78, 5) is 35.4. The molecule has 0 spiro atoms. The maximum Gasteiger partial charge on any atom is 0.340 e. The highest BCUT2D eigenvalue weighted by atomic mass is 79.9. The van der Waals surface area contributed by atoms with Gasteiger partial charge in [-0.15, -0.1) is 0 Å². The summed E-state index contributed by atoms with van der Waals surface area (Å²) in [5.41, 5.74) is -0.166. The van der Waals surface area contributed by atoms with E-state index in [0.717, 1.165) is 0 Å². The predicted octanol–water partition coefficient (Wildman–Crippen LogP) is 2.62. The molecule has 22 heavy (non-hydrogen) atoms. The normalized spacial score (nSPS) is 12.2. The van der Waals surface area contributed by atoms with Gasteiger partial charge in [0.2, 0.25) is 0 Å². The third kappa shape index (κ3) is 5.85. The number of carbonyl (C=O) groups is 3. The van der Waals surface area contributed by atoms with Gasteiger partial charge in [0.15, 0.2) is 6.10 Å². The van der Waals surface area contributed by atoms with Gasteiger partial charge in [-0.05, 0) is 55.8 Å². The number of carbonyl (C=O) groups excluding carboxylic acids is 3. The van der Waals surface area contributed by atoms with Crippen LogP contribution in [0.1, 0.15) is 38.1 Å². The largest absolute Gasteiger partial charge is 0.449 e. The van der Waals surface area contributed by atoms with Gasteiger partial charge in [-0.1, -0.05) is 12.1 Å². The van der Waals surface area contributed by atoms with Crippen molar-refractivity contribution in [2.45, 2.75) is 39.3 Å². The molecule has 0 aromatic heterocycles. The lowest BCUT2D eigenvalue weighted by molar-refractivity contribution is -0.127. The van der Waals surface area contributed by atoms with Crippen LogP contribution in [0, 0.1) is 0 Å². The maximum atomic E-state index is 12.0. The summed E-state index contributed by atoms with van der Waals surface area (Å²) in [5, 5.41) is 4.71. The molecule has 0 heterocycles. The van der Waals surface area contributed by atoms with Gasteiger partial charge >= 0.3 is 12.0 Å². The van der Waals surface area contributed by atoms with Crippen LogP contribution in [0.4, 0.5) is 4.79 Å². The molecule has 6 nitrogen and oxygen atoms in total. The zero-order valence-electron chi connectivity index (χ0n) is 12.9. The number of halogens is 1. The molecule has 0 aliphatic rings. The zero-order valence-corrected chi connectivity index (χ0v) is 14.5. The Labute approximate surface area is 137 Å². The van der Waals surface area contributed by atoms with Crippen LogP contribution in [-0.2, 0) is 9.53 Å². The van der Waals surface area contributed by atoms with Crippen molar-refractivity contribution in [3.63, 3.8) is 0 Å². The van der Waals surface area contributed by atoms with Gasteiger partial charge in [-0.25, -0.2) is 9.59 Å². The average Bonchev–Trinajstić information content (AvgIpc) is 2.36. The Morgan fingerprint density at radius 3 is 2.32 bits per heavy atom. The summed E-state index contributed by atoms with van der Waals surface area (Å²) < 4.78 is 5.62. The van der Waals surface area contributed by atoms with Gasteiger partial charge < -0.3 is 10.1 Å². The molecule has 0 aliphatic heterocycles. The smallest absolute Gasteiger partial charge is 0.340 e. The number of nitrogens with one attached hydrogen (secondary N) is 2. The van der Waals surface area contributed by atoms with E-state index in [0.29, 0.717) is 10.0 Å². The molecule has 0 bridgehead atoms. The van der Waals surface area contributed by atoms with Crippen LogP contribution in [0.15, 0.2) is 28.7 Å². The van der Waals surface area contributed by atoms with Gasteiger partial charge in [0, 0.05) is 10.0 Å². The molecular formula is C15H19BrN2O4. The Balaban J connectivity index is 2.60. The van der Waals surface area contributed by atoms with E-state index in [-0.39, 0.29) is 0 Å². The quantitative estimate of drug-likeness (QED) is 0.800. The zero-order chi connectivity index (χ0) is 16.9. The van der Waals surface area contributed by atoms with E-state index >= 15 is 0 Å². The summed E-state index contributed by atoms with van der Waals surface area (Å²) in [5.74, 6) is -1.34. The van der Waals surface area contributed by atoms with Gasteiger partial charge in [0.1, 0.15) is 0 Å². The van der Waals surface area contributed by atoms with Crippen molar-refractivity contribution in [2.24, 2.45) is 0 Å². The number of urea groups is 1. The summed E-state index contributed by atoms with van der Waals surface area (Å²) >= 11 is 3.23. The molecule has 1 atom stereocenters. The third-order valence-electron chi connectivity index (χ3n) is 2.47. The summed E-state index contributed by atoms with van der Waals surface area (Å²) in [6.45, 7) is 6.75. The Morgan fingerprint density at radius 2 is 1.77 bits per heavy atom. The molecule has 3 amide bonds. The van der Waals surface area contributed by atoms with E-state index < -0.39 is 29.6 Å². The van der Waals surface area contributed by atoms with Crippen LogP contribution in [0.3, 0.4) is 0 Å². The van der Waals surface area contributed by atoms with E-state index in [1.165, 1.54) is 6.92 Å². The molecule has 0 saturated carbocycles. The first-order valence-electron chi connectivity index (χ1n) is 6.68. The molecule has 0 radical (unpaired) electrons. The van der Waals surface area contributed by atoms with Gasteiger partial charge in [-0.2, -0.15) is 0 Å². The first kappa shape index (κ1) is 18.2. The lowest BCUT2D eigenvalue weighted by Crippen LogP contribution is -2.50. The second kappa shape index (κ2) is 7.40. The highest BCUT2D eigenvalue weighted by molar-refractivity contribution is 9.10. The van der Waals surface area contributed by atoms with Gasteiger partial charge in [0.05, 0.1) is 5.56 Å². The summed E-state index contributed by atoms with van der Waals surface area (Å²) in [6, 6.07) is 6.07. The standard InChI is InChI=1S/C15H19BrN2O4/c1-9(12(19)17-14(21)18-15(2,3)4)22-13(20)10-7-5-6-8-11(10)16/h5-9H,1-4H3,(H2,17,18,19,21). The minimum atomic E-state index is -1.09. The van der Waals surface area contributed by atoms with Crippen LogP contribution in [-0.4, -0.2) is 29.6 Å². The molecule has 1 rings (SSSR count). The fourth-order valence-electron chi connectivity index (χ4n) is 1.49. The van der Waals surface area contributed by atoms with Crippen LogP contribution < -0.4 is 10.6 Å². The fourth-order valence-corrected chi connectivity index (χ4v) is 1.94. The molecule has 1 aromatic carbocycles. The minimum absolute atomic E-state index is 0.307. The molecule has 0 saturated heterocycles. The minimum Gasteiger partial charge on any atom is -0.449 e. The monoisotopic (exact) mass is 370 g/mol. The van der Waals surface area contributed by atoms with Crippen molar-refractivity contribution >= 4 is 33.8 Å². The molecule has 1 aromatic rings. The number of hydrogen-bond acceptors (Lipinski definition) is 4. The first-order valence-corrected chi connectivity index (χ1v) is 7.48. The second-order valence-electron chi connectivity index (χ2n) is 5.72. The van der Waals surface area contributed by atoms with Crippen molar-refractivity contribution in [1.82, 2.24) is 10.6 Å². The predicted molar refractivity (Wildman–Crippen MR) is 85.4 cm³/mol. The second-order valence-corrected chi connectivity index (χ2v) is 6.58. The number of rotatable bonds is 3. The van der Waals surface area contributed by atoms with E-state index in [2.05, 4.69) is 26.6 Å². The molecule has 0 fully saturated rings. The van der Waals surface area contributed by atoms with Crippen molar-refractivity contribution in [3.05, 3.63) is 34.3 Å². The number of amides is 3. The Kier molecular flexibility index (Phi) is 6.11. The number of esters is 1. The number of hydrogen-bond donors (Lipinski definition) is 2. The first-order chi connectivity index (χ1) is 10.1. The molecule has 120 valence electrons. The molecule has 0 aliphatic carbocycles. The van der Waals surface area contributed by atoms with Crippen molar-refractivity contribution in [2.75, 3.05) is 0 Å². The molecular weight excluding hydrogens is 352 g/mol. The van der Waals surface area contributed by atoms with Crippen LogP contribution in [0.25, 0.3) is 0 Å². The Morgan fingerprint density at radius 1 is 1.18 bits per heavy atom. The Bertz CT molecular complexity index is 581. The SMILES string of the molecule is CC(OC(=O)c1ccccc1Br)C(=O)NC(=O)NC(C)(C)C. The van der Waals surface area contributed by atoms with Crippen molar-refractivity contribution in [1.29, 1.82) is 0 Å². The summed E-state index contributed by atoms with van der Waals surface area (Å²) in [7, 11) is 0. The number of ether oxygens (including phenoxy) is 1. The van der Waals surface area contributed by atoms with Crippen LogP contribution in [0.2, 0.25) is 0 Å². The third-order valence-corrected chi connectivity index (χ3v) is 3.16. The topological polar surface area (TPSA) is 84.5 Å². The van der Waals surface area contributed by atoms with Crippen molar-refractivity contribution < 1.29 is 19.1 Å². The van der Waals surface area contributed by atoms with E-state index in [4.69, 9.17) is 4.74 Å². The highest BCUT2D eigenvalue weighted by Gasteiger charge is 2.23. The molecule has 7 heteroatoms. The molecule has 2 N–H and O–H groups in total. The van der Waals surface area contributed by atoms with Crippen LogP contribution in [0.5, 0.6) is 0 Å². The average molecular weight is 371 g/mol. The number of benzene rings is 1. The van der Waals surface area contributed by atoms with Crippen LogP contribution >= 0.6 is 15.9 Å². The van der Waals surface area contributed by atoms with E-state index in [1.807, 2.05) is 0 Å². The lowest BCUT2D eigenvalue weighted by Gasteiger charge is -2.21. The Hall–Kier alpha value is -1.89. The fraction of sp³-hybridized carbons (Fsp3) is 0.400. The van der Waals surface area contributed by atoms with E-state index in [1.54, 1.807) is 45.0 Å². The number of imide groups is 1. The maximum absolute atomic E-state index is 12.0.